The molecule has 0 aliphatic carbocycles. The van der Waals surface area contributed by atoms with Crippen molar-refractivity contribution in [3.8, 4) is 11.5 Å². The molecule has 4 N–H and O–H groups in total. The predicted molar refractivity (Wildman–Crippen MR) is 173 cm³/mol. The topological polar surface area (TPSA) is 196 Å². The van der Waals surface area contributed by atoms with Crippen molar-refractivity contribution in [3.05, 3.63) is 125 Å². The van der Waals surface area contributed by atoms with Crippen LogP contribution >= 0.6 is 0 Å². The number of hydrogen-bond acceptors (Lipinski definition) is 10. The Bertz CT molecular complexity index is 1870. The molecular formula is C35H31N3O11. The summed E-state index contributed by atoms with van der Waals surface area (Å²) in [6, 6.07) is 23.8. The Kier molecular flexibility index (Phi) is 11.6. The van der Waals surface area contributed by atoms with Gasteiger partial charge < -0.3 is 29.4 Å². The number of aryl methyl sites for hydroxylation is 1. The fraction of sp³-hybridized carbons (Fsp3) is 0.143. The van der Waals surface area contributed by atoms with Crippen LogP contribution in [0.4, 0.5) is 5.69 Å². The van der Waals surface area contributed by atoms with Crippen LogP contribution < -0.4 is 25.6 Å². The highest BCUT2D eigenvalue weighted by atomic mass is 16.6. The molecule has 0 aliphatic heterocycles. The molecule has 14 nitrogen and oxygen atoms in total. The van der Waals surface area contributed by atoms with E-state index in [0.29, 0.717) is 11.3 Å². The molecule has 0 heterocycles. The third-order valence-corrected chi connectivity index (χ3v) is 6.84. The minimum Gasteiger partial charge on any atom is -0.497 e. The lowest BCUT2D eigenvalue weighted by atomic mass is 10.1. The number of carbonyl (C=O) groups is 6. The Labute approximate surface area is 279 Å². The van der Waals surface area contributed by atoms with Crippen molar-refractivity contribution in [1.82, 2.24) is 10.9 Å². The molecule has 49 heavy (non-hydrogen) atoms. The minimum atomic E-state index is -2.36. The smallest absolute Gasteiger partial charge is 0.349 e. The highest BCUT2D eigenvalue weighted by Crippen LogP contribution is 2.19. The molecule has 2 atom stereocenters. The first-order valence-electron chi connectivity index (χ1n) is 14.5. The van der Waals surface area contributed by atoms with Crippen molar-refractivity contribution >= 4 is 41.3 Å². The Morgan fingerprint density at radius 3 is 1.65 bits per heavy atom. The average molecular weight is 670 g/mol. The molecule has 252 valence electrons. The number of anilines is 1. The molecule has 14 heteroatoms. The van der Waals surface area contributed by atoms with E-state index in [1.54, 1.807) is 18.2 Å². The molecule has 0 aliphatic rings. The van der Waals surface area contributed by atoms with Gasteiger partial charge in [0.1, 0.15) is 11.5 Å². The van der Waals surface area contributed by atoms with Crippen LogP contribution in [0.1, 0.15) is 47.0 Å². The van der Waals surface area contributed by atoms with Crippen LogP contribution in [0.5, 0.6) is 11.5 Å². The zero-order valence-corrected chi connectivity index (χ0v) is 26.4. The standard InChI is InChI=1S/C35H31N3O11/c1-20-7-4-8-22(17-20)30(39)36-25-15-13-21(14-16-25)31(40)37-38-32(41)28(48-34(44)23-9-5-11-26(18-23)46-2)29(33(42)43)49-35(45)24-10-6-12-27(19-24)47-3/h4-19,28-29H,1-3H3,(H,36,39)(H,37,40)(H,38,41)(H,42,43)/t28-,29+/m0/s1. The van der Waals surface area contributed by atoms with Crippen molar-refractivity contribution in [3.63, 3.8) is 0 Å². The molecule has 0 radical (unpaired) electrons. The number of nitrogens with one attached hydrogen (secondary N) is 3. The summed E-state index contributed by atoms with van der Waals surface area (Å²) in [5, 5.41) is 12.7. The molecule has 0 saturated carbocycles. The van der Waals surface area contributed by atoms with E-state index in [-0.39, 0.29) is 34.1 Å². The number of carboxylic acid groups (broad SMARTS) is 1. The molecule has 0 bridgehead atoms. The maximum Gasteiger partial charge on any atom is 0.349 e. The van der Waals surface area contributed by atoms with Gasteiger partial charge in [-0.3, -0.25) is 25.2 Å². The number of amides is 3. The molecule has 4 aromatic carbocycles. The molecule has 0 unspecified atom stereocenters. The van der Waals surface area contributed by atoms with Crippen LogP contribution in [0.2, 0.25) is 0 Å². The summed E-state index contributed by atoms with van der Waals surface area (Å²) in [6.45, 7) is 1.85. The SMILES string of the molecule is COc1cccc(C(=O)O[C@H](C(=O)NNC(=O)c2ccc(NC(=O)c3cccc(C)c3)cc2)[C@@H](OC(=O)c2cccc(OC)c2)C(=O)O)c1. The molecule has 0 fully saturated rings. The van der Waals surface area contributed by atoms with Crippen LogP contribution in [0, 0.1) is 6.92 Å². The first-order chi connectivity index (χ1) is 23.5. The third kappa shape index (κ3) is 9.42. The number of esters is 2. The van der Waals surface area contributed by atoms with Gasteiger partial charge in [-0.15, -0.1) is 0 Å². The van der Waals surface area contributed by atoms with E-state index < -0.39 is 41.9 Å². The van der Waals surface area contributed by atoms with E-state index in [1.165, 1.54) is 87.0 Å². The van der Waals surface area contributed by atoms with Crippen LogP contribution in [-0.4, -0.2) is 67.2 Å². The molecule has 4 rings (SSSR count). The molecule has 3 amide bonds. The Morgan fingerprint density at radius 2 is 1.12 bits per heavy atom. The van der Waals surface area contributed by atoms with Crippen molar-refractivity contribution in [2.75, 3.05) is 19.5 Å². The minimum absolute atomic E-state index is 0.0398. The van der Waals surface area contributed by atoms with E-state index in [1.807, 2.05) is 18.4 Å². The van der Waals surface area contributed by atoms with Crippen molar-refractivity contribution in [1.29, 1.82) is 0 Å². The Morgan fingerprint density at radius 1 is 0.592 bits per heavy atom. The number of hydrazine groups is 1. The zero-order valence-electron chi connectivity index (χ0n) is 26.4. The third-order valence-electron chi connectivity index (χ3n) is 6.84. The van der Waals surface area contributed by atoms with Gasteiger partial charge in [0.25, 0.3) is 17.7 Å². The van der Waals surface area contributed by atoms with Gasteiger partial charge in [0.15, 0.2) is 0 Å². The first-order valence-corrected chi connectivity index (χ1v) is 14.5. The second-order valence-corrected chi connectivity index (χ2v) is 10.3. The van der Waals surface area contributed by atoms with Gasteiger partial charge in [-0.05, 0) is 79.7 Å². The van der Waals surface area contributed by atoms with Crippen LogP contribution in [-0.2, 0) is 19.1 Å². The average Bonchev–Trinajstić information content (AvgIpc) is 3.11. The lowest BCUT2D eigenvalue weighted by Crippen LogP contribution is -2.54. The number of methoxy groups -OCH3 is 2. The monoisotopic (exact) mass is 669 g/mol. The molecule has 0 spiro atoms. The van der Waals surface area contributed by atoms with Crippen molar-refractivity contribution in [2.45, 2.75) is 19.1 Å². The molecular weight excluding hydrogens is 638 g/mol. The number of rotatable bonds is 12. The summed E-state index contributed by atoms with van der Waals surface area (Å²) in [7, 11) is 2.72. The normalized spacial score (nSPS) is 11.6. The predicted octanol–water partition coefficient (Wildman–Crippen LogP) is 3.56. The highest BCUT2D eigenvalue weighted by Gasteiger charge is 2.41. The van der Waals surface area contributed by atoms with Gasteiger partial charge in [-0.25, -0.2) is 14.4 Å². The summed E-state index contributed by atoms with van der Waals surface area (Å²) in [5.74, 6) is -6.16. The van der Waals surface area contributed by atoms with Crippen molar-refractivity contribution in [2.24, 2.45) is 0 Å². The number of carboxylic acids is 1. The number of benzene rings is 4. The maximum absolute atomic E-state index is 13.3. The fourth-order valence-corrected chi connectivity index (χ4v) is 4.32. The summed E-state index contributed by atoms with van der Waals surface area (Å²) < 4.78 is 20.6. The van der Waals surface area contributed by atoms with E-state index in [9.17, 15) is 33.9 Å². The second kappa shape index (κ2) is 16.2. The van der Waals surface area contributed by atoms with Gasteiger partial charge >= 0.3 is 17.9 Å². The summed E-state index contributed by atoms with van der Waals surface area (Å²) in [6.07, 6.45) is -4.65. The first kappa shape index (κ1) is 35.2. The summed E-state index contributed by atoms with van der Waals surface area (Å²) in [4.78, 5) is 77.0. The lowest BCUT2D eigenvalue weighted by Gasteiger charge is -2.23. The fourth-order valence-electron chi connectivity index (χ4n) is 4.32. The quantitative estimate of drug-likeness (QED) is 0.127. The Hall–Kier alpha value is -6.70. The maximum atomic E-state index is 13.3. The van der Waals surface area contributed by atoms with E-state index in [2.05, 4.69) is 10.7 Å². The van der Waals surface area contributed by atoms with Crippen LogP contribution in [0.15, 0.2) is 97.1 Å². The number of ether oxygens (including phenoxy) is 4. The van der Waals surface area contributed by atoms with Gasteiger partial charge in [-0.2, -0.15) is 0 Å². The van der Waals surface area contributed by atoms with Crippen molar-refractivity contribution < 1.29 is 52.8 Å². The summed E-state index contributed by atoms with van der Waals surface area (Å²) >= 11 is 0. The largest absolute Gasteiger partial charge is 0.497 e. The van der Waals surface area contributed by atoms with Crippen LogP contribution in [0.3, 0.4) is 0 Å². The van der Waals surface area contributed by atoms with E-state index in [0.717, 1.165) is 5.56 Å². The van der Waals surface area contributed by atoms with Gasteiger partial charge in [-0.1, -0.05) is 29.8 Å². The van der Waals surface area contributed by atoms with Gasteiger partial charge in [0.2, 0.25) is 12.2 Å². The van der Waals surface area contributed by atoms with E-state index >= 15 is 0 Å². The van der Waals surface area contributed by atoms with Gasteiger partial charge in [0, 0.05) is 16.8 Å². The molecule has 0 saturated heterocycles. The van der Waals surface area contributed by atoms with Gasteiger partial charge in [0.05, 0.1) is 25.3 Å². The molecule has 4 aromatic rings. The zero-order chi connectivity index (χ0) is 35.5. The summed E-state index contributed by atoms with van der Waals surface area (Å²) in [5.41, 5.74) is 5.68. The number of aliphatic carboxylic acids is 1. The molecule has 0 aromatic heterocycles. The Balaban J connectivity index is 1.50. The van der Waals surface area contributed by atoms with Crippen LogP contribution in [0.25, 0.3) is 0 Å². The number of hydrogen-bond donors (Lipinski definition) is 4. The highest BCUT2D eigenvalue weighted by molar-refractivity contribution is 6.05. The number of carbonyl (C=O) groups excluding carboxylic acids is 5. The second-order valence-electron chi connectivity index (χ2n) is 10.3. The lowest BCUT2D eigenvalue weighted by molar-refractivity contribution is -0.159. The van der Waals surface area contributed by atoms with E-state index in [4.69, 9.17) is 18.9 Å².